The highest BCUT2D eigenvalue weighted by Crippen LogP contribution is 2.28. The largest absolute Gasteiger partial charge is 0.496 e. The van der Waals surface area contributed by atoms with E-state index in [0.717, 1.165) is 12.3 Å². The van der Waals surface area contributed by atoms with Crippen LogP contribution < -0.4 is 15.4 Å². The number of ether oxygens (including phenoxy) is 1. The van der Waals surface area contributed by atoms with Gasteiger partial charge in [-0.2, -0.15) is 0 Å². The predicted octanol–water partition coefficient (Wildman–Crippen LogP) is 2.57. The van der Waals surface area contributed by atoms with E-state index in [4.69, 9.17) is 4.74 Å². The van der Waals surface area contributed by atoms with E-state index in [1.165, 1.54) is 16.7 Å². The van der Waals surface area contributed by atoms with Crippen molar-refractivity contribution in [3.8, 4) is 5.75 Å². The first-order valence-corrected chi connectivity index (χ1v) is 6.55. The van der Waals surface area contributed by atoms with Gasteiger partial charge in [0.25, 0.3) is 0 Å². The van der Waals surface area contributed by atoms with E-state index in [9.17, 15) is 0 Å². The fourth-order valence-electron chi connectivity index (χ4n) is 1.98. The zero-order valence-electron chi connectivity index (χ0n) is 12.4. The molecule has 102 valence electrons. The molecule has 3 nitrogen and oxygen atoms in total. The van der Waals surface area contributed by atoms with Crippen molar-refractivity contribution in [3.63, 3.8) is 0 Å². The van der Waals surface area contributed by atoms with E-state index in [0.29, 0.717) is 6.04 Å². The van der Waals surface area contributed by atoms with Crippen molar-refractivity contribution < 1.29 is 4.74 Å². The molecule has 0 spiro atoms. The molecule has 0 heterocycles. The average molecular weight is 250 g/mol. The summed E-state index contributed by atoms with van der Waals surface area (Å²) in [6.45, 7) is 9.46. The molecule has 0 radical (unpaired) electrons. The van der Waals surface area contributed by atoms with Gasteiger partial charge in [0.1, 0.15) is 5.75 Å². The lowest BCUT2D eigenvalue weighted by Gasteiger charge is -2.22. The van der Waals surface area contributed by atoms with E-state index in [1.807, 2.05) is 7.05 Å². The lowest BCUT2D eigenvalue weighted by atomic mass is 9.99. The Bertz CT molecular complexity index is 388. The van der Waals surface area contributed by atoms with Crippen LogP contribution in [0, 0.1) is 13.8 Å². The van der Waals surface area contributed by atoms with Crippen LogP contribution >= 0.6 is 0 Å². The molecular formula is C15H26N2O. The van der Waals surface area contributed by atoms with Crippen LogP contribution in [0.1, 0.15) is 36.6 Å². The number of likely N-dealkylation sites (N-methyl/N-ethyl adjacent to an activating group) is 1. The standard InChI is InChI=1S/C15H26N2O/c1-10(2)17-9-14(16-5)13-7-11(3)12(4)8-15(13)18-6/h7-8,10,14,16-17H,9H2,1-6H3. The zero-order chi connectivity index (χ0) is 13.7. The van der Waals surface area contributed by atoms with Crippen molar-refractivity contribution in [2.24, 2.45) is 0 Å². The summed E-state index contributed by atoms with van der Waals surface area (Å²) >= 11 is 0. The van der Waals surface area contributed by atoms with E-state index >= 15 is 0 Å². The SMILES string of the molecule is CNC(CNC(C)C)c1cc(C)c(C)cc1OC. The minimum absolute atomic E-state index is 0.265. The Hall–Kier alpha value is -1.06. The third-order valence-electron chi connectivity index (χ3n) is 3.30. The average Bonchev–Trinajstić information content (AvgIpc) is 2.33. The van der Waals surface area contributed by atoms with E-state index in [-0.39, 0.29) is 6.04 Å². The van der Waals surface area contributed by atoms with Gasteiger partial charge in [0, 0.05) is 24.2 Å². The van der Waals surface area contributed by atoms with E-state index in [1.54, 1.807) is 7.11 Å². The number of aryl methyl sites for hydroxylation is 2. The van der Waals surface area contributed by atoms with Gasteiger partial charge < -0.3 is 15.4 Å². The molecule has 0 bridgehead atoms. The maximum atomic E-state index is 5.50. The minimum Gasteiger partial charge on any atom is -0.496 e. The molecule has 1 aromatic rings. The minimum atomic E-state index is 0.265. The number of benzene rings is 1. The third-order valence-corrected chi connectivity index (χ3v) is 3.30. The second kappa shape index (κ2) is 6.76. The molecule has 0 aliphatic rings. The molecule has 1 unspecified atom stereocenters. The highest BCUT2D eigenvalue weighted by molar-refractivity contribution is 5.43. The molecule has 1 atom stereocenters. The van der Waals surface area contributed by atoms with Gasteiger partial charge >= 0.3 is 0 Å². The van der Waals surface area contributed by atoms with Gasteiger partial charge in [-0.3, -0.25) is 0 Å². The lowest BCUT2D eigenvalue weighted by Crippen LogP contribution is -2.33. The first-order valence-electron chi connectivity index (χ1n) is 6.55. The van der Waals surface area contributed by atoms with Gasteiger partial charge in [-0.25, -0.2) is 0 Å². The molecule has 0 aliphatic heterocycles. The Kier molecular flexibility index (Phi) is 5.63. The summed E-state index contributed by atoms with van der Waals surface area (Å²) < 4.78 is 5.50. The Morgan fingerprint density at radius 2 is 1.78 bits per heavy atom. The molecule has 1 rings (SSSR count). The maximum absolute atomic E-state index is 5.50. The Labute approximate surface area is 111 Å². The summed E-state index contributed by atoms with van der Waals surface area (Å²) in [4.78, 5) is 0. The van der Waals surface area contributed by atoms with E-state index < -0.39 is 0 Å². The monoisotopic (exact) mass is 250 g/mol. The van der Waals surface area contributed by atoms with Crippen LogP contribution in [0.3, 0.4) is 0 Å². The topological polar surface area (TPSA) is 33.3 Å². The number of methoxy groups -OCH3 is 1. The highest BCUT2D eigenvalue weighted by Gasteiger charge is 2.15. The molecule has 0 amide bonds. The van der Waals surface area contributed by atoms with Gasteiger partial charge in [-0.15, -0.1) is 0 Å². The van der Waals surface area contributed by atoms with Crippen LogP contribution in [-0.4, -0.2) is 26.7 Å². The number of nitrogens with one attached hydrogen (secondary N) is 2. The smallest absolute Gasteiger partial charge is 0.123 e. The van der Waals surface area contributed by atoms with Gasteiger partial charge in [-0.05, 0) is 38.1 Å². The number of hydrogen-bond donors (Lipinski definition) is 2. The van der Waals surface area contributed by atoms with Crippen molar-refractivity contribution in [1.29, 1.82) is 0 Å². The molecule has 0 aliphatic carbocycles. The molecular weight excluding hydrogens is 224 g/mol. The predicted molar refractivity (Wildman–Crippen MR) is 77.4 cm³/mol. The van der Waals surface area contributed by atoms with Gasteiger partial charge in [0.15, 0.2) is 0 Å². The Morgan fingerprint density at radius 1 is 1.17 bits per heavy atom. The number of rotatable bonds is 6. The molecule has 0 fully saturated rings. The summed E-state index contributed by atoms with van der Waals surface area (Å²) in [5.74, 6) is 0.961. The summed E-state index contributed by atoms with van der Waals surface area (Å²) in [5, 5.41) is 6.81. The van der Waals surface area contributed by atoms with Crippen LogP contribution in [0.2, 0.25) is 0 Å². The molecule has 0 saturated heterocycles. The summed E-state index contributed by atoms with van der Waals surface area (Å²) in [6, 6.07) is 5.09. The second-order valence-electron chi connectivity index (χ2n) is 5.08. The lowest BCUT2D eigenvalue weighted by molar-refractivity contribution is 0.396. The van der Waals surface area contributed by atoms with Crippen molar-refractivity contribution in [2.45, 2.75) is 39.8 Å². The zero-order valence-corrected chi connectivity index (χ0v) is 12.4. The van der Waals surface area contributed by atoms with Crippen molar-refractivity contribution >= 4 is 0 Å². The summed E-state index contributed by atoms with van der Waals surface area (Å²) in [7, 11) is 3.72. The fraction of sp³-hybridized carbons (Fsp3) is 0.600. The third kappa shape index (κ3) is 3.72. The Balaban J connectivity index is 3.00. The first kappa shape index (κ1) is 15.0. The Morgan fingerprint density at radius 3 is 2.28 bits per heavy atom. The van der Waals surface area contributed by atoms with Crippen LogP contribution in [0.5, 0.6) is 5.75 Å². The molecule has 3 heteroatoms. The van der Waals surface area contributed by atoms with Gasteiger partial charge in [0.05, 0.1) is 7.11 Å². The number of hydrogen-bond acceptors (Lipinski definition) is 3. The maximum Gasteiger partial charge on any atom is 0.123 e. The van der Waals surface area contributed by atoms with Crippen molar-refractivity contribution in [3.05, 3.63) is 28.8 Å². The highest BCUT2D eigenvalue weighted by atomic mass is 16.5. The van der Waals surface area contributed by atoms with Gasteiger partial charge in [0.2, 0.25) is 0 Å². The molecule has 18 heavy (non-hydrogen) atoms. The van der Waals surface area contributed by atoms with Crippen LogP contribution in [0.25, 0.3) is 0 Å². The molecule has 1 aromatic carbocycles. The normalized spacial score (nSPS) is 12.8. The summed E-state index contributed by atoms with van der Waals surface area (Å²) in [6.07, 6.45) is 0. The molecule has 0 aromatic heterocycles. The van der Waals surface area contributed by atoms with Crippen LogP contribution in [0.4, 0.5) is 0 Å². The second-order valence-corrected chi connectivity index (χ2v) is 5.08. The molecule has 0 saturated carbocycles. The quantitative estimate of drug-likeness (QED) is 0.814. The van der Waals surface area contributed by atoms with Crippen molar-refractivity contribution in [1.82, 2.24) is 10.6 Å². The van der Waals surface area contributed by atoms with Crippen LogP contribution in [0.15, 0.2) is 12.1 Å². The van der Waals surface area contributed by atoms with Gasteiger partial charge in [-0.1, -0.05) is 19.9 Å². The van der Waals surface area contributed by atoms with Crippen molar-refractivity contribution in [2.75, 3.05) is 20.7 Å². The van der Waals surface area contributed by atoms with Crippen LogP contribution in [-0.2, 0) is 0 Å². The van der Waals surface area contributed by atoms with E-state index in [2.05, 4.69) is 50.5 Å². The first-order chi connectivity index (χ1) is 8.49. The fourth-order valence-corrected chi connectivity index (χ4v) is 1.98. The summed E-state index contributed by atoms with van der Waals surface area (Å²) in [5.41, 5.74) is 3.79. The molecule has 2 N–H and O–H groups in total.